The summed E-state index contributed by atoms with van der Waals surface area (Å²) in [5.74, 6) is 1.49. The van der Waals surface area contributed by atoms with Gasteiger partial charge in [-0.25, -0.2) is 0 Å². The number of benzene rings is 1. The number of thiol groups is 1. The van der Waals surface area contributed by atoms with Crippen molar-refractivity contribution in [3.8, 4) is 0 Å². The molecule has 0 aliphatic heterocycles. The van der Waals surface area contributed by atoms with Crippen LogP contribution in [0.3, 0.4) is 0 Å². The second kappa shape index (κ2) is 6.83. The predicted octanol–water partition coefficient (Wildman–Crippen LogP) is 4.36. The van der Waals surface area contributed by atoms with E-state index in [9.17, 15) is 0 Å². The minimum absolute atomic E-state index is 0.288. The lowest BCUT2D eigenvalue weighted by molar-refractivity contribution is 0.183. The number of hydrogen-bond acceptors (Lipinski definition) is 2. The standard InChI is InChI=1S/C15H24ClNS/c1-15(2,3)13(11-18)10-17(4)9-12-7-5-6-8-14(12)16/h5-8,13,18H,9-11H2,1-4H3. The summed E-state index contributed by atoms with van der Waals surface area (Å²) >= 11 is 10.7. The van der Waals surface area contributed by atoms with E-state index in [0.717, 1.165) is 23.9 Å². The van der Waals surface area contributed by atoms with Crippen molar-refractivity contribution in [2.45, 2.75) is 27.3 Å². The van der Waals surface area contributed by atoms with Gasteiger partial charge >= 0.3 is 0 Å². The Morgan fingerprint density at radius 1 is 1.28 bits per heavy atom. The molecule has 0 saturated carbocycles. The Morgan fingerprint density at radius 2 is 1.89 bits per heavy atom. The van der Waals surface area contributed by atoms with E-state index in [1.165, 1.54) is 5.56 Å². The van der Waals surface area contributed by atoms with Gasteiger partial charge in [0.25, 0.3) is 0 Å². The molecule has 0 fully saturated rings. The van der Waals surface area contributed by atoms with E-state index in [-0.39, 0.29) is 5.41 Å². The van der Waals surface area contributed by atoms with Crippen molar-refractivity contribution in [1.82, 2.24) is 4.90 Å². The van der Waals surface area contributed by atoms with Crippen LogP contribution in [0.25, 0.3) is 0 Å². The first-order chi connectivity index (χ1) is 8.34. The molecule has 102 valence electrons. The number of nitrogens with zero attached hydrogens (tertiary/aromatic N) is 1. The summed E-state index contributed by atoms with van der Waals surface area (Å²) in [4.78, 5) is 2.33. The molecule has 1 aromatic rings. The van der Waals surface area contributed by atoms with Crippen LogP contribution in [0.4, 0.5) is 0 Å². The van der Waals surface area contributed by atoms with E-state index in [4.69, 9.17) is 11.6 Å². The molecule has 0 heterocycles. The first-order valence-electron chi connectivity index (χ1n) is 6.37. The van der Waals surface area contributed by atoms with Crippen LogP contribution in [0, 0.1) is 11.3 Å². The van der Waals surface area contributed by atoms with Gasteiger partial charge in [-0.05, 0) is 35.8 Å². The highest BCUT2D eigenvalue weighted by Crippen LogP contribution is 2.28. The fourth-order valence-electron chi connectivity index (χ4n) is 1.96. The van der Waals surface area contributed by atoms with Crippen LogP contribution in [0.1, 0.15) is 26.3 Å². The van der Waals surface area contributed by atoms with Gasteiger partial charge in [-0.3, -0.25) is 0 Å². The molecule has 18 heavy (non-hydrogen) atoms. The normalized spacial score (nSPS) is 13.9. The maximum absolute atomic E-state index is 6.19. The van der Waals surface area contributed by atoms with Gasteiger partial charge in [-0.2, -0.15) is 12.6 Å². The smallest absolute Gasteiger partial charge is 0.0451 e. The number of halogens is 1. The van der Waals surface area contributed by atoms with Gasteiger partial charge < -0.3 is 4.90 Å². The molecule has 0 aliphatic rings. The average molecular weight is 286 g/mol. The van der Waals surface area contributed by atoms with Crippen LogP contribution in [0.5, 0.6) is 0 Å². The van der Waals surface area contributed by atoms with Gasteiger partial charge in [-0.1, -0.05) is 50.6 Å². The Kier molecular flexibility index (Phi) is 6.03. The number of hydrogen-bond donors (Lipinski definition) is 1. The Bertz CT molecular complexity index is 373. The molecule has 0 amide bonds. The molecule has 0 aromatic heterocycles. The van der Waals surface area contributed by atoms with Crippen LogP contribution in [-0.2, 0) is 6.54 Å². The molecule has 0 spiro atoms. The van der Waals surface area contributed by atoms with E-state index in [1.54, 1.807) is 0 Å². The van der Waals surface area contributed by atoms with E-state index >= 15 is 0 Å². The van der Waals surface area contributed by atoms with Crippen molar-refractivity contribution >= 4 is 24.2 Å². The minimum atomic E-state index is 0.288. The molecule has 1 unspecified atom stereocenters. The highest BCUT2D eigenvalue weighted by molar-refractivity contribution is 7.80. The van der Waals surface area contributed by atoms with E-state index in [2.05, 4.69) is 51.4 Å². The third kappa shape index (κ3) is 4.83. The largest absolute Gasteiger partial charge is 0.302 e. The number of rotatable bonds is 5. The third-order valence-corrected chi connectivity index (χ3v) is 4.18. The van der Waals surface area contributed by atoms with Crippen LogP contribution < -0.4 is 0 Å². The van der Waals surface area contributed by atoms with Gasteiger partial charge in [0.05, 0.1) is 0 Å². The third-order valence-electron chi connectivity index (χ3n) is 3.38. The molecule has 1 atom stereocenters. The van der Waals surface area contributed by atoms with Crippen LogP contribution in [0.15, 0.2) is 24.3 Å². The summed E-state index contributed by atoms with van der Waals surface area (Å²) in [5, 5.41) is 0.850. The van der Waals surface area contributed by atoms with Crippen LogP contribution >= 0.6 is 24.2 Å². The SMILES string of the molecule is CN(Cc1ccccc1Cl)CC(CS)C(C)(C)C. The van der Waals surface area contributed by atoms with Crippen molar-refractivity contribution in [2.24, 2.45) is 11.3 Å². The van der Waals surface area contributed by atoms with Crippen LogP contribution in [-0.4, -0.2) is 24.2 Å². The molecular weight excluding hydrogens is 262 g/mol. The summed E-state index contributed by atoms with van der Waals surface area (Å²) < 4.78 is 0. The van der Waals surface area contributed by atoms with Gasteiger partial charge in [0.15, 0.2) is 0 Å². The topological polar surface area (TPSA) is 3.24 Å². The monoisotopic (exact) mass is 285 g/mol. The summed E-state index contributed by atoms with van der Waals surface area (Å²) in [6.07, 6.45) is 0. The first kappa shape index (κ1) is 15.9. The van der Waals surface area contributed by atoms with Gasteiger partial charge in [0.1, 0.15) is 0 Å². The lowest BCUT2D eigenvalue weighted by Crippen LogP contribution is -2.34. The molecule has 0 bridgehead atoms. The Morgan fingerprint density at radius 3 is 2.39 bits per heavy atom. The molecule has 0 radical (unpaired) electrons. The molecule has 3 heteroatoms. The lowest BCUT2D eigenvalue weighted by Gasteiger charge is -2.33. The van der Waals surface area contributed by atoms with Gasteiger partial charge in [-0.15, -0.1) is 0 Å². The first-order valence-corrected chi connectivity index (χ1v) is 7.38. The molecule has 0 aliphatic carbocycles. The Balaban J connectivity index is 2.61. The summed E-state index contributed by atoms with van der Waals surface area (Å²) in [6, 6.07) is 8.04. The maximum atomic E-state index is 6.19. The lowest BCUT2D eigenvalue weighted by atomic mass is 9.81. The quantitative estimate of drug-likeness (QED) is 0.787. The second-order valence-electron chi connectivity index (χ2n) is 6.03. The molecule has 1 rings (SSSR count). The average Bonchev–Trinajstić information content (AvgIpc) is 2.27. The Hall–Kier alpha value is -0.180. The zero-order valence-electron chi connectivity index (χ0n) is 11.8. The molecule has 0 saturated heterocycles. The zero-order chi connectivity index (χ0) is 13.8. The zero-order valence-corrected chi connectivity index (χ0v) is 13.4. The highest BCUT2D eigenvalue weighted by atomic mass is 35.5. The fraction of sp³-hybridized carbons (Fsp3) is 0.600. The molecule has 1 aromatic carbocycles. The molecule has 0 N–H and O–H groups in total. The second-order valence-corrected chi connectivity index (χ2v) is 6.81. The van der Waals surface area contributed by atoms with E-state index in [0.29, 0.717) is 5.92 Å². The van der Waals surface area contributed by atoms with Crippen molar-refractivity contribution in [3.63, 3.8) is 0 Å². The summed E-state index contributed by atoms with van der Waals surface area (Å²) in [6.45, 7) is 8.75. The summed E-state index contributed by atoms with van der Waals surface area (Å²) in [7, 11) is 2.14. The maximum Gasteiger partial charge on any atom is 0.0451 e. The van der Waals surface area contributed by atoms with Crippen molar-refractivity contribution < 1.29 is 0 Å². The summed E-state index contributed by atoms with van der Waals surface area (Å²) in [5.41, 5.74) is 1.48. The van der Waals surface area contributed by atoms with Crippen molar-refractivity contribution in [2.75, 3.05) is 19.3 Å². The Labute approximate surface area is 122 Å². The van der Waals surface area contributed by atoms with E-state index in [1.807, 2.05) is 18.2 Å². The van der Waals surface area contributed by atoms with Gasteiger partial charge in [0, 0.05) is 18.1 Å². The fourth-order valence-corrected chi connectivity index (χ4v) is 2.82. The van der Waals surface area contributed by atoms with Crippen molar-refractivity contribution in [1.29, 1.82) is 0 Å². The van der Waals surface area contributed by atoms with Gasteiger partial charge in [0.2, 0.25) is 0 Å². The predicted molar refractivity (Wildman–Crippen MR) is 84.6 cm³/mol. The molecular formula is C15H24ClNS. The minimum Gasteiger partial charge on any atom is -0.302 e. The van der Waals surface area contributed by atoms with Crippen LogP contribution in [0.2, 0.25) is 5.02 Å². The molecule has 1 nitrogen and oxygen atoms in total. The highest BCUT2D eigenvalue weighted by Gasteiger charge is 2.24. The van der Waals surface area contributed by atoms with Crippen molar-refractivity contribution in [3.05, 3.63) is 34.9 Å². The van der Waals surface area contributed by atoms with E-state index < -0.39 is 0 Å².